The SMILES string of the molecule is Cc1cc(/C=C2\C(=O)NC(=S)N(c3cccc(F)c3)C2=O)c(C)n1-c1cccnc1. The Kier molecular flexibility index (Phi) is 5.01. The average Bonchev–Trinajstić information content (AvgIpc) is 2.99. The third kappa shape index (κ3) is 3.42. The second kappa shape index (κ2) is 7.64. The van der Waals surface area contributed by atoms with E-state index in [2.05, 4.69) is 10.3 Å². The second-order valence-corrected chi connectivity index (χ2v) is 7.20. The topological polar surface area (TPSA) is 67.2 Å². The highest BCUT2D eigenvalue weighted by Gasteiger charge is 2.34. The van der Waals surface area contributed by atoms with Crippen LogP contribution >= 0.6 is 12.2 Å². The molecule has 1 N–H and O–H groups in total. The van der Waals surface area contributed by atoms with Crippen molar-refractivity contribution in [3.8, 4) is 5.69 Å². The number of benzene rings is 1. The van der Waals surface area contributed by atoms with E-state index >= 15 is 0 Å². The molecule has 0 spiro atoms. The predicted molar refractivity (Wildman–Crippen MR) is 116 cm³/mol. The molecule has 1 saturated heterocycles. The van der Waals surface area contributed by atoms with Crippen molar-refractivity contribution in [2.45, 2.75) is 13.8 Å². The molecule has 1 fully saturated rings. The smallest absolute Gasteiger partial charge is 0.270 e. The van der Waals surface area contributed by atoms with Crippen LogP contribution in [0.25, 0.3) is 11.8 Å². The van der Waals surface area contributed by atoms with Gasteiger partial charge in [-0.05, 0) is 74.1 Å². The van der Waals surface area contributed by atoms with Crippen LogP contribution in [-0.2, 0) is 9.59 Å². The Hall–Kier alpha value is -3.65. The summed E-state index contributed by atoms with van der Waals surface area (Å²) in [6.45, 7) is 3.82. The molecule has 30 heavy (non-hydrogen) atoms. The molecule has 0 unspecified atom stereocenters. The molecule has 150 valence electrons. The van der Waals surface area contributed by atoms with Crippen molar-refractivity contribution in [1.82, 2.24) is 14.9 Å². The van der Waals surface area contributed by atoms with Gasteiger partial charge in [0.15, 0.2) is 5.11 Å². The average molecular weight is 420 g/mol. The molecule has 1 aliphatic rings. The Bertz CT molecular complexity index is 1220. The Morgan fingerprint density at radius 2 is 1.87 bits per heavy atom. The quantitative estimate of drug-likeness (QED) is 0.400. The maximum Gasteiger partial charge on any atom is 0.270 e. The third-order valence-electron chi connectivity index (χ3n) is 4.84. The highest BCUT2D eigenvalue weighted by atomic mass is 32.1. The van der Waals surface area contributed by atoms with Crippen LogP contribution in [-0.4, -0.2) is 26.5 Å². The molecule has 2 aromatic heterocycles. The van der Waals surface area contributed by atoms with Gasteiger partial charge in [0.25, 0.3) is 11.8 Å². The van der Waals surface area contributed by atoms with Crippen molar-refractivity contribution in [1.29, 1.82) is 0 Å². The molecule has 1 aromatic carbocycles. The second-order valence-electron chi connectivity index (χ2n) is 6.81. The maximum atomic E-state index is 13.7. The van der Waals surface area contributed by atoms with Gasteiger partial charge in [-0.15, -0.1) is 0 Å². The minimum absolute atomic E-state index is 0.0840. The number of aryl methyl sites for hydroxylation is 1. The number of amides is 2. The summed E-state index contributed by atoms with van der Waals surface area (Å²) in [6, 6.07) is 11.1. The van der Waals surface area contributed by atoms with Gasteiger partial charge in [-0.2, -0.15) is 0 Å². The highest BCUT2D eigenvalue weighted by Crippen LogP contribution is 2.26. The molecule has 8 heteroatoms. The fraction of sp³-hybridized carbons (Fsp3) is 0.0909. The number of hydrogen-bond acceptors (Lipinski definition) is 4. The van der Waals surface area contributed by atoms with Gasteiger partial charge in [0, 0.05) is 17.6 Å². The molecule has 0 bridgehead atoms. The first-order valence-electron chi connectivity index (χ1n) is 9.13. The Balaban J connectivity index is 1.77. The molecule has 0 radical (unpaired) electrons. The zero-order chi connectivity index (χ0) is 21.4. The number of carbonyl (C=O) groups excluding carboxylic acids is 2. The molecule has 4 rings (SSSR count). The summed E-state index contributed by atoms with van der Waals surface area (Å²) in [6.07, 6.45) is 4.95. The lowest BCUT2D eigenvalue weighted by Gasteiger charge is -2.28. The monoisotopic (exact) mass is 420 g/mol. The van der Waals surface area contributed by atoms with Gasteiger partial charge in [-0.25, -0.2) is 4.39 Å². The third-order valence-corrected chi connectivity index (χ3v) is 5.13. The summed E-state index contributed by atoms with van der Waals surface area (Å²) in [7, 11) is 0. The van der Waals surface area contributed by atoms with E-state index in [-0.39, 0.29) is 16.4 Å². The first kappa shape index (κ1) is 19.7. The Labute approximate surface area is 177 Å². The van der Waals surface area contributed by atoms with Gasteiger partial charge in [-0.1, -0.05) is 6.07 Å². The van der Waals surface area contributed by atoms with E-state index in [4.69, 9.17) is 12.2 Å². The first-order valence-corrected chi connectivity index (χ1v) is 9.54. The maximum absolute atomic E-state index is 13.7. The number of thiocarbonyl (C=S) groups is 1. The van der Waals surface area contributed by atoms with E-state index in [0.29, 0.717) is 5.56 Å². The lowest BCUT2D eigenvalue weighted by atomic mass is 10.1. The largest absolute Gasteiger partial charge is 0.316 e. The standard InChI is InChI=1S/C22H17FN4O2S/c1-13-9-15(14(2)26(13)18-7-4-8-24-12-18)10-19-20(28)25-22(30)27(21(19)29)17-6-3-5-16(23)11-17/h3-12H,1-2H3,(H,25,28,30)/b19-10+. The minimum atomic E-state index is -0.611. The molecule has 3 aromatic rings. The normalized spacial score (nSPS) is 15.6. The number of nitrogens with one attached hydrogen (secondary N) is 1. The molecule has 2 amide bonds. The van der Waals surface area contributed by atoms with Crippen LogP contribution in [0.4, 0.5) is 10.1 Å². The van der Waals surface area contributed by atoms with Crippen molar-refractivity contribution in [3.05, 3.63) is 83.2 Å². The van der Waals surface area contributed by atoms with E-state index in [9.17, 15) is 14.0 Å². The van der Waals surface area contributed by atoms with Crippen LogP contribution < -0.4 is 10.2 Å². The summed E-state index contributed by atoms with van der Waals surface area (Å²) in [5, 5.41) is 2.42. The number of aromatic nitrogens is 2. The summed E-state index contributed by atoms with van der Waals surface area (Å²) in [5.41, 5.74) is 3.52. The molecular formula is C22H17FN4O2S. The van der Waals surface area contributed by atoms with Crippen LogP contribution in [0.2, 0.25) is 0 Å². The van der Waals surface area contributed by atoms with Gasteiger partial charge < -0.3 is 4.57 Å². The molecular weight excluding hydrogens is 403 g/mol. The number of hydrogen-bond donors (Lipinski definition) is 1. The molecule has 0 atom stereocenters. The molecule has 3 heterocycles. The summed E-state index contributed by atoms with van der Waals surface area (Å²) < 4.78 is 15.7. The molecule has 6 nitrogen and oxygen atoms in total. The minimum Gasteiger partial charge on any atom is -0.316 e. The van der Waals surface area contributed by atoms with Crippen molar-refractivity contribution in [2.24, 2.45) is 0 Å². The van der Waals surface area contributed by atoms with Crippen LogP contribution in [0.15, 0.2) is 60.4 Å². The van der Waals surface area contributed by atoms with Gasteiger partial charge in [0.05, 0.1) is 17.6 Å². The van der Waals surface area contributed by atoms with Crippen LogP contribution in [0.1, 0.15) is 17.0 Å². The fourth-order valence-electron chi connectivity index (χ4n) is 3.48. The fourth-order valence-corrected chi connectivity index (χ4v) is 3.76. The van der Waals surface area contributed by atoms with E-state index in [1.54, 1.807) is 18.5 Å². The number of carbonyl (C=O) groups is 2. The molecule has 0 saturated carbocycles. The summed E-state index contributed by atoms with van der Waals surface area (Å²) in [4.78, 5) is 30.9. The lowest BCUT2D eigenvalue weighted by molar-refractivity contribution is -0.122. The van der Waals surface area contributed by atoms with Crippen LogP contribution in [0.5, 0.6) is 0 Å². The van der Waals surface area contributed by atoms with Gasteiger partial charge in [0.1, 0.15) is 11.4 Å². The van der Waals surface area contributed by atoms with Crippen LogP contribution in [0, 0.1) is 19.7 Å². The van der Waals surface area contributed by atoms with E-state index in [1.165, 1.54) is 24.3 Å². The highest BCUT2D eigenvalue weighted by molar-refractivity contribution is 7.80. The van der Waals surface area contributed by atoms with Crippen molar-refractivity contribution >= 4 is 40.9 Å². The van der Waals surface area contributed by atoms with Gasteiger partial charge in [-0.3, -0.25) is 24.8 Å². The first-order chi connectivity index (χ1) is 14.4. The van der Waals surface area contributed by atoms with Gasteiger partial charge >= 0.3 is 0 Å². The van der Waals surface area contributed by atoms with Crippen molar-refractivity contribution < 1.29 is 14.0 Å². The number of halogens is 1. The van der Waals surface area contributed by atoms with E-state index in [1.807, 2.05) is 36.6 Å². The Morgan fingerprint density at radius 1 is 1.10 bits per heavy atom. The number of nitrogens with zero attached hydrogens (tertiary/aromatic N) is 3. The van der Waals surface area contributed by atoms with Crippen LogP contribution in [0.3, 0.4) is 0 Å². The predicted octanol–water partition coefficient (Wildman–Crippen LogP) is 3.46. The lowest BCUT2D eigenvalue weighted by Crippen LogP contribution is -2.54. The van der Waals surface area contributed by atoms with Crippen molar-refractivity contribution in [3.63, 3.8) is 0 Å². The number of anilines is 1. The molecule has 1 aliphatic heterocycles. The Morgan fingerprint density at radius 3 is 2.57 bits per heavy atom. The van der Waals surface area contributed by atoms with E-state index in [0.717, 1.165) is 22.0 Å². The zero-order valence-corrected chi connectivity index (χ0v) is 17.0. The summed E-state index contributed by atoms with van der Waals surface area (Å²) in [5.74, 6) is -1.71. The molecule has 0 aliphatic carbocycles. The number of pyridine rings is 1. The summed E-state index contributed by atoms with van der Waals surface area (Å²) >= 11 is 5.15. The van der Waals surface area contributed by atoms with E-state index < -0.39 is 17.6 Å². The van der Waals surface area contributed by atoms with Crippen molar-refractivity contribution in [2.75, 3.05) is 4.90 Å². The number of rotatable bonds is 3. The van der Waals surface area contributed by atoms with Gasteiger partial charge in [0.2, 0.25) is 0 Å². The zero-order valence-electron chi connectivity index (χ0n) is 16.2.